The molecule has 2 aromatic heterocycles. The summed E-state index contributed by atoms with van der Waals surface area (Å²) < 4.78 is 1.96. The molecule has 4 nitrogen and oxygen atoms in total. The van der Waals surface area contributed by atoms with Gasteiger partial charge in [0.25, 0.3) is 0 Å². The number of rotatable bonds is 5. The fourth-order valence-electron chi connectivity index (χ4n) is 2.69. The second-order valence-electron chi connectivity index (χ2n) is 5.04. The van der Waals surface area contributed by atoms with Crippen LogP contribution in [0.1, 0.15) is 31.0 Å². The molecule has 1 unspecified atom stereocenters. The van der Waals surface area contributed by atoms with Gasteiger partial charge in [0.05, 0.1) is 17.8 Å². The van der Waals surface area contributed by atoms with Gasteiger partial charge in [-0.3, -0.25) is 9.67 Å². The Bertz CT molecular complexity index is 727. The molecule has 0 saturated heterocycles. The molecule has 2 heterocycles. The van der Waals surface area contributed by atoms with E-state index in [0.717, 1.165) is 18.6 Å². The Morgan fingerprint density at radius 1 is 1.19 bits per heavy atom. The molecule has 0 aliphatic rings. The Morgan fingerprint density at radius 3 is 2.86 bits per heavy atom. The first-order valence-corrected chi connectivity index (χ1v) is 7.42. The first kappa shape index (κ1) is 13.8. The predicted molar refractivity (Wildman–Crippen MR) is 85.2 cm³/mol. The average molecular weight is 280 g/mol. The SMILES string of the molecule is CCNC(c1cnn(CC)c1)c1cccc2ncccc12. The Kier molecular flexibility index (Phi) is 3.97. The molecular weight excluding hydrogens is 260 g/mol. The highest BCUT2D eigenvalue weighted by molar-refractivity contribution is 5.82. The van der Waals surface area contributed by atoms with Crippen molar-refractivity contribution >= 4 is 10.9 Å². The molecule has 3 rings (SSSR count). The number of aromatic nitrogens is 3. The minimum atomic E-state index is 0.142. The van der Waals surface area contributed by atoms with Crippen LogP contribution < -0.4 is 5.32 Å². The van der Waals surface area contributed by atoms with E-state index in [-0.39, 0.29) is 6.04 Å². The molecule has 4 heteroatoms. The molecule has 1 N–H and O–H groups in total. The van der Waals surface area contributed by atoms with Gasteiger partial charge in [-0.1, -0.05) is 25.1 Å². The molecule has 3 aromatic rings. The molecule has 0 saturated carbocycles. The minimum Gasteiger partial charge on any atom is -0.306 e. The fourth-order valence-corrected chi connectivity index (χ4v) is 2.69. The van der Waals surface area contributed by atoms with Crippen LogP contribution in [-0.2, 0) is 6.54 Å². The van der Waals surface area contributed by atoms with E-state index in [1.165, 1.54) is 16.5 Å². The van der Waals surface area contributed by atoms with E-state index in [1.807, 2.05) is 23.1 Å². The second kappa shape index (κ2) is 6.06. The standard InChI is InChI=1S/C17H20N4/c1-3-18-17(13-11-20-21(4-2)12-13)15-7-5-9-16-14(15)8-6-10-19-16/h5-12,17-18H,3-4H2,1-2H3. The van der Waals surface area contributed by atoms with Gasteiger partial charge in [-0.15, -0.1) is 0 Å². The van der Waals surface area contributed by atoms with Crippen LogP contribution in [0.4, 0.5) is 0 Å². The van der Waals surface area contributed by atoms with Crippen molar-refractivity contribution in [1.29, 1.82) is 0 Å². The molecule has 0 aliphatic heterocycles. The summed E-state index contributed by atoms with van der Waals surface area (Å²) in [4.78, 5) is 4.45. The first-order valence-electron chi connectivity index (χ1n) is 7.42. The van der Waals surface area contributed by atoms with Crippen molar-refractivity contribution in [3.8, 4) is 0 Å². The molecule has 0 bridgehead atoms. The van der Waals surface area contributed by atoms with Gasteiger partial charge >= 0.3 is 0 Å². The lowest BCUT2D eigenvalue weighted by atomic mass is 9.97. The first-order chi connectivity index (χ1) is 10.3. The van der Waals surface area contributed by atoms with Crippen LogP contribution in [0.2, 0.25) is 0 Å². The van der Waals surface area contributed by atoms with E-state index >= 15 is 0 Å². The smallest absolute Gasteiger partial charge is 0.0705 e. The number of hydrogen-bond acceptors (Lipinski definition) is 3. The van der Waals surface area contributed by atoms with E-state index in [0.29, 0.717) is 0 Å². The number of pyridine rings is 1. The highest BCUT2D eigenvalue weighted by Crippen LogP contribution is 2.27. The van der Waals surface area contributed by atoms with E-state index in [2.05, 4.69) is 59.7 Å². The molecule has 1 aromatic carbocycles. The van der Waals surface area contributed by atoms with Crippen LogP contribution in [0.15, 0.2) is 48.9 Å². The summed E-state index contributed by atoms with van der Waals surface area (Å²) in [6, 6.07) is 10.6. The average Bonchev–Trinajstić information content (AvgIpc) is 3.01. The largest absolute Gasteiger partial charge is 0.306 e. The normalized spacial score (nSPS) is 12.7. The van der Waals surface area contributed by atoms with Crippen molar-refractivity contribution < 1.29 is 0 Å². The van der Waals surface area contributed by atoms with Gasteiger partial charge in [-0.05, 0) is 31.2 Å². The summed E-state index contributed by atoms with van der Waals surface area (Å²) in [5.41, 5.74) is 3.47. The topological polar surface area (TPSA) is 42.7 Å². The maximum absolute atomic E-state index is 4.45. The Hall–Kier alpha value is -2.20. The van der Waals surface area contributed by atoms with Crippen LogP contribution in [0.5, 0.6) is 0 Å². The zero-order chi connectivity index (χ0) is 14.7. The van der Waals surface area contributed by atoms with Crippen LogP contribution in [-0.4, -0.2) is 21.3 Å². The van der Waals surface area contributed by atoms with Crippen LogP contribution in [0.25, 0.3) is 10.9 Å². The molecule has 0 spiro atoms. The van der Waals surface area contributed by atoms with Gasteiger partial charge < -0.3 is 5.32 Å². The molecule has 0 aliphatic carbocycles. The summed E-state index contributed by atoms with van der Waals surface area (Å²) in [6.07, 6.45) is 5.90. The molecule has 1 atom stereocenters. The second-order valence-corrected chi connectivity index (χ2v) is 5.04. The molecule has 21 heavy (non-hydrogen) atoms. The lowest BCUT2D eigenvalue weighted by molar-refractivity contribution is 0.628. The zero-order valence-electron chi connectivity index (χ0n) is 12.5. The van der Waals surface area contributed by atoms with E-state index in [4.69, 9.17) is 0 Å². The number of nitrogens with zero attached hydrogens (tertiary/aromatic N) is 3. The summed E-state index contributed by atoms with van der Waals surface area (Å²) >= 11 is 0. The lowest BCUT2D eigenvalue weighted by Gasteiger charge is -2.18. The third-order valence-electron chi connectivity index (χ3n) is 3.71. The van der Waals surface area contributed by atoms with Crippen molar-refractivity contribution in [3.63, 3.8) is 0 Å². The van der Waals surface area contributed by atoms with Crippen molar-refractivity contribution in [1.82, 2.24) is 20.1 Å². The predicted octanol–water partition coefficient (Wildman–Crippen LogP) is 3.15. The van der Waals surface area contributed by atoms with Gasteiger partial charge in [0.2, 0.25) is 0 Å². The fraction of sp³-hybridized carbons (Fsp3) is 0.294. The van der Waals surface area contributed by atoms with E-state index < -0.39 is 0 Å². The number of aryl methyl sites for hydroxylation is 1. The van der Waals surface area contributed by atoms with Crippen LogP contribution in [0.3, 0.4) is 0 Å². The third kappa shape index (κ3) is 2.67. The highest BCUT2D eigenvalue weighted by atomic mass is 15.3. The van der Waals surface area contributed by atoms with E-state index in [9.17, 15) is 0 Å². The van der Waals surface area contributed by atoms with Crippen LogP contribution in [0, 0.1) is 0 Å². The van der Waals surface area contributed by atoms with Gasteiger partial charge in [-0.2, -0.15) is 5.10 Å². The highest BCUT2D eigenvalue weighted by Gasteiger charge is 2.17. The van der Waals surface area contributed by atoms with Gasteiger partial charge in [0.1, 0.15) is 0 Å². The summed E-state index contributed by atoms with van der Waals surface area (Å²) in [7, 11) is 0. The molecule has 0 fully saturated rings. The third-order valence-corrected chi connectivity index (χ3v) is 3.71. The zero-order valence-corrected chi connectivity index (χ0v) is 12.5. The molecular formula is C17H20N4. The van der Waals surface area contributed by atoms with Crippen LogP contribution >= 0.6 is 0 Å². The maximum Gasteiger partial charge on any atom is 0.0705 e. The number of benzene rings is 1. The van der Waals surface area contributed by atoms with Gasteiger partial charge in [0.15, 0.2) is 0 Å². The summed E-state index contributed by atoms with van der Waals surface area (Å²) in [6.45, 7) is 6.01. The quantitative estimate of drug-likeness (QED) is 0.780. The van der Waals surface area contributed by atoms with Crippen molar-refractivity contribution in [3.05, 3.63) is 60.0 Å². The Labute approximate surface area is 124 Å². The number of nitrogens with one attached hydrogen (secondary N) is 1. The summed E-state index contributed by atoms with van der Waals surface area (Å²) in [5, 5.41) is 9.16. The summed E-state index contributed by atoms with van der Waals surface area (Å²) in [5.74, 6) is 0. The monoisotopic (exact) mass is 280 g/mol. The van der Waals surface area contributed by atoms with Crippen molar-refractivity contribution in [2.24, 2.45) is 0 Å². The Balaban J connectivity index is 2.11. The molecule has 0 amide bonds. The maximum atomic E-state index is 4.45. The van der Waals surface area contributed by atoms with E-state index in [1.54, 1.807) is 0 Å². The van der Waals surface area contributed by atoms with Crippen molar-refractivity contribution in [2.45, 2.75) is 26.4 Å². The number of hydrogen-bond donors (Lipinski definition) is 1. The molecule has 0 radical (unpaired) electrons. The molecule has 108 valence electrons. The van der Waals surface area contributed by atoms with Gasteiger partial charge in [-0.25, -0.2) is 0 Å². The van der Waals surface area contributed by atoms with Crippen molar-refractivity contribution in [2.75, 3.05) is 6.54 Å². The number of fused-ring (bicyclic) bond motifs is 1. The lowest BCUT2D eigenvalue weighted by Crippen LogP contribution is -2.22. The Morgan fingerprint density at radius 2 is 2.10 bits per heavy atom. The van der Waals surface area contributed by atoms with Gasteiger partial charge in [0, 0.05) is 29.9 Å². The minimum absolute atomic E-state index is 0.142.